The number of hydrogen-bond donors (Lipinski definition) is 6. The molecule has 5 unspecified atom stereocenters. The fourth-order valence-electron chi connectivity index (χ4n) is 5.65. The molecular formula is C20H26F2N10O11P2. The molecule has 4 saturated heterocycles. The molecule has 1 amide bonds. The van der Waals surface area contributed by atoms with Gasteiger partial charge >= 0.3 is 15.6 Å². The predicted molar refractivity (Wildman–Crippen MR) is 141 cm³/mol. The zero-order valence-corrected chi connectivity index (χ0v) is 24.3. The van der Waals surface area contributed by atoms with Crippen LogP contribution in [0.2, 0.25) is 0 Å². The summed E-state index contributed by atoms with van der Waals surface area (Å²) in [6.07, 6.45) is -13.5. The van der Waals surface area contributed by atoms with Gasteiger partial charge in [0.15, 0.2) is 42.3 Å². The number of amides is 1. The summed E-state index contributed by atoms with van der Waals surface area (Å²) in [7, 11) is -10.4. The molecule has 8 N–H and O–H groups in total. The summed E-state index contributed by atoms with van der Waals surface area (Å²) in [6.45, 7) is -1.93. The van der Waals surface area contributed by atoms with E-state index >= 15 is 8.78 Å². The minimum absolute atomic E-state index is 0.0194. The van der Waals surface area contributed by atoms with Gasteiger partial charge in [0.05, 0.1) is 25.9 Å². The van der Waals surface area contributed by atoms with Crippen LogP contribution >= 0.6 is 15.6 Å². The van der Waals surface area contributed by atoms with Gasteiger partial charge in [-0.1, -0.05) is 0 Å². The summed E-state index contributed by atoms with van der Waals surface area (Å²) in [5.74, 6) is -0.576. The van der Waals surface area contributed by atoms with Crippen LogP contribution in [-0.4, -0.2) is 121 Å². The molecule has 0 saturated carbocycles. The molecule has 7 rings (SSSR count). The van der Waals surface area contributed by atoms with E-state index in [0.29, 0.717) is 0 Å². The van der Waals surface area contributed by atoms with Crippen molar-refractivity contribution in [2.45, 2.75) is 67.7 Å². The van der Waals surface area contributed by atoms with Crippen LogP contribution in [-0.2, 0) is 41.5 Å². The first kappa shape index (κ1) is 30.8. The molecular weight excluding hydrogens is 656 g/mol. The van der Waals surface area contributed by atoms with Crippen LogP contribution in [0.5, 0.6) is 0 Å². The number of imidazole rings is 1. The number of carbonyl (C=O) groups excluding carboxylic acids is 1. The third-order valence-corrected chi connectivity index (χ3v) is 9.67. The molecule has 0 aliphatic carbocycles. The van der Waals surface area contributed by atoms with Crippen molar-refractivity contribution < 1.29 is 60.1 Å². The monoisotopic (exact) mass is 682 g/mol. The number of fused-ring (bicyclic) bond motifs is 6. The molecule has 5 aliphatic rings. The smallest absolute Gasteiger partial charge is 0.382 e. The van der Waals surface area contributed by atoms with E-state index in [1.54, 1.807) is 0 Å². The Morgan fingerprint density at radius 1 is 0.978 bits per heavy atom. The number of nitrogen functional groups attached to an aromatic ring is 1. The second kappa shape index (κ2) is 11.2. The Morgan fingerprint density at radius 2 is 1.60 bits per heavy atom. The quantitative estimate of drug-likeness (QED) is 0.182. The summed E-state index contributed by atoms with van der Waals surface area (Å²) in [4.78, 5) is 50.7. The van der Waals surface area contributed by atoms with E-state index in [9.17, 15) is 23.7 Å². The van der Waals surface area contributed by atoms with Crippen LogP contribution in [0, 0.1) is 0 Å². The Bertz CT molecular complexity index is 1620. The minimum atomic E-state index is -5.20. The Kier molecular flexibility index (Phi) is 7.66. The molecule has 25 heteroatoms. The van der Waals surface area contributed by atoms with Gasteiger partial charge < -0.3 is 35.2 Å². The second-order valence-corrected chi connectivity index (χ2v) is 13.3. The maximum absolute atomic E-state index is 15.8. The predicted octanol–water partition coefficient (Wildman–Crippen LogP) is -2.27. The van der Waals surface area contributed by atoms with Crippen molar-refractivity contribution in [2.75, 3.05) is 18.9 Å². The van der Waals surface area contributed by atoms with Gasteiger partial charge in [0.25, 0.3) is 5.91 Å². The highest BCUT2D eigenvalue weighted by atomic mass is 31.2. The lowest BCUT2D eigenvalue weighted by Gasteiger charge is -2.39. The van der Waals surface area contributed by atoms with Gasteiger partial charge in [-0.15, -0.1) is 0 Å². The van der Waals surface area contributed by atoms with E-state index in [-0.39, 0.29) is 17.0 Å². The molecule has 2 aromatic heterocycles. The number of nitrogens with one attached hydrogen (secondary N) is 2. The molecule has 0 aromatic carbocycles. The Morgan fingerprint density at radius 3 is 2.27 bits per heavy atom. The number of rotatable bonds is 2. The van der Waals surface area contributed by atoms with E-state index in [1.807, 2.05) is 0 Å². The average Bonchev–Trinajstić information content (AvgIpc) is 3.72. The van der Waals surface area contributed by atoms with Crippen molar-refractivity contribution in [3.05, 3.63) is 12.7 Å². The van der Waals surface area contributed by atoms with Crippen molar-refractivity contribution in [3.8, 4) is 0 Å². The number of phosphoric acid groups is 2. The maximum atomic E-state index is 15.8. The highest BCUT2D eigenvalue weighted by molar-refractivity contribution is 7.47. The lowest BCUT2D eigenvalue weighted by Crippen LogP contribution is -2.70. The van der Waals surface area contributed by atoms with Crippen LogP contribution in [0.15, 0.2) is 17.6 Å². The topological polar surface area (TPSA) is 282 Å². The zero-order valence-electron chi connectivity index (χ0n) is 22.6. The van der Waals surface area contributed by atoms with Crippen LogP contribution in [0.3, 0.4) is 0 Å². The summed E-state index contributed by atoms with van der Waals surface area (Å²) in [5, 5.41) is 5.25. The number of halogens is 2. The Labute approximate surface area is 250 Å². The van der Waals surface area contributed by atoms with Gasteiger partial charge in [-0.3, -0.25) is 43.5 Å². The second-order valence-electron chi connectivity index (χ2n) is 10.5. The molecule has 13 atom stereocenters. The molecule has 21 nitrogen and oxygen atoms in total. The number of carbonyl (C=O) groups is 1. The summed E-state index contributed by atoms with van der Waals surface area (Å²) >= 11 is 0. The van der Waals surface area contributed by atoms with E-state index in [4.69, 9.17) is 39.0 Å². The van der Waals surface area contributed by atoms with Gasteiger partial charge in [0.1, 0.15) is 48.7 Å². The minimum Gasteiger partial charge on any atom is -0.382 e. The standard InChI is InChI=1S/C20H26F2N10O11P2/c21-8-6-1-38-45(36,37)43-13-9(22)7(41-19(13)32-5-28-11-16(32)29-20(24)30-17(11)33)2-39-44(34,35)42-12(8)18(40-6)31-4-27-10-14(23)25-3-26-15(10)31/h3-9,11-13,16,18-20,29H,1-2,24H2,(H,30,33)(H,34,35)(H,36,37)(H2,23,25,26)/t6-,7-,8+,9-,11?,12-,13-,16?,18-,19-,20?/m1/s1. The molecule has 4 fully saturated rings. The molecule has 4 bridgehead atoms. The van der Waals surface area contributed by atoms with Gasteiger partial charge in [-0.05, 0) is 0 Å². The number of anilines is 1. The van der Waals surface area contributed by atoms with Gasteiger partial charge in [0.2, 0.25) is 0 Å². The van der Waals surface area contributed by atoms with E-state index in [1.165, 1.54) is 4.90 Å². The maximum Gasteiger partial charge on any atom is 0.472 e. The van der Waals surface area contributed by atoms with Crippen LogP contribution in [0.25, 0.3) is 11.2 Å². The number of aliphatic imine (C=N–C) groups is 1. The van der Waals surface area contributed by atoms with Gasteiger partial charge in [0, 0.05) is 0 Å². The van der Waals surface area contributed by atoms with Crippen molar-refractivity contribution in [2.24, 2.45) is 10.7 Å². The molecule has 0 radical (unpaired) electrons. The number of aromatic nitrogens is 4. The first-order valence-electron chi connectivity index (χ1n) is 13.3. The van der Waals surface area contributed by atoms with Gasteiger partial charge in [-0.2, -0.15) is 0 Å². The number of hydrogen-bond acceptors (Lipinski definition) is 17. The SMILES string of the molecule is Nc1ncnc2c1ncn2[C@@H]1O[C@@H]2COP(=O)(O)O[C@@H]3[C@H](F)[C@@H](COP(=O)(O)O[C@@H]1[C@H]2F)O[C@H]3N1C=NC2C(=O)NC(N)NC21. The number of nitrogens with two attached hydrogens (primary N) is 2. The molecule has 246 valence electrons. The summed E-state index contributed by atoms with van der Waals surface area (Å²) in [5.41, 5.74) is 11.8. The number of ether oxygens (including phenoxy) is 2. The first-order chi connectivity index (χ1) is 21.3. The molecule has 0 spiro atoms. The van der Waals surface area contributed by atoms with Crippen molar-refractivity contribution in [1.82, 2.24) is 35.1 Å². The van der Waals surface area contributed by atoms with E-state index in [2.05, 4.69) is 30.6 Å². The normalized spacial score (nSPS) is 45.4. The van der Waals surface area contributed by atoms with Crippen molar-refractivity contribution >= 4 is 44.9 Å². The van der Waals surface area contributed by atoms with E-state index < -0.39 is 102 Å². The van der Waals surface area contributed by atoms with Crippen molar-refractivity contribution in [3.63, 3.8) is 0 Å². The Hall–Kier alpha value is -2.79. The lowest BCUT2D eigenvalue weighted by molar-refractivity contribution is -0.130. The highest BCUT2D eigenvalue weighted by Gasteiger charge is 2.57. The molecule has 45 heavy (non-hydrogen) atoms. The van der Waals surface area contributed by atoms with Crippen molar-refractivity contribution in [1.29, 1.82) is 0 Å². The fraction of sp³-hybridized carbons (Fsp3) is 0.650. The molecule has 7 heterocycles. The highest BCUT2D eigenvalue weighted by Crippen LogP contribution is 2.53. The average molecular weight is 682 g/mol. The van der Waals surface area contributed by atoms with Crippen LogP contribution < -0.4 is 22.1 Å². The van der Waals surface area contributed by atoms with Gasteiger partial charge in [-0.25, -0.2) is 32.9 Å². The lowest BCUT2D eigenvalue weighted by atomic mass is 10.1. The fourth-order valence-corrected chi connectivity index (χ4v) is 7.50. The van der Waals surface area contributed by atoms with Crippen LogP contribution in [0.4, 0.5) is 14.6 Å². The third-order valence-electron chi connectivity index (χ3n) is 7.69. The summed E-state index contributed by atoms with van der Waals surface area (Å²) in [6, 6.07) is -1.04. The third kappa shape index (κ3) is 5.51. The first-order valence-corrected chi connectivity index (χ1v) is 16.3. The molecule has 5 aliphatic heterocycles. The number of nitrogens with zero attached hydrogens (tertiary/aromatic N) is 6. The number of alkyl halides is 2. The summed E-state index contributed by atoms with van der Waals surface area (Å²) < 4.78 is 90.7. The number of phosphoric ester groups is 2. The van der Waals surface area contributed by atoms with Crippen LogP contribution in [0.1, 0.15) is 6.23 Å². The molecule has 2 aromatic rings. The van der Waals surface area contributed by atoms with E-state index in [0.717, 1.165) is 23.6 Å². The zero-order chi connectivity index (χ0) is 31.8. The Balaban J connectivity index is 1.18. The largest absolute Gasteiger partial charge is 0.472 e.